The molecule has 0 heterocycles. The average Bonchev–Trinajstić information content (AvgIpc) is 2.49. The van der Waals surface area contributed by atoms with Gasteiger partial charge < -0.3 is 0 Å². The van der Waals surface area contributed by atoms with E-state index in [-0.39, 0.29) is 17.0 Å². The zero-order valence-corrected chi connectivity index (χ0v) is 19.3. The van der Waals surface area contributed by atoms with Gasteiger partial charge in [-0.2, -0.15) is 0 Å². The van der Waals surface area contributed by atoms with Crippen LogP contribution in [0.5, 0.6) is 0 Å². The summed E-state index contributed by atoms with van der Waals surface area (Å²) in [6, 6.07) is 11.1. The van der Waals surface area contributed by atoms with Gasteiger partial charge in [-0.15, -0.1) is 17.0 Å². The molecule has 0 fully saturated rings. The van der Waals surface area contributed by atoms with Crippen molar-refractivity contribution in [2.24, 2.45) is 0 Å². The fraction of sp³-hybridized carbons (Fsp3) is 0.727. The summed E-state index contributed by atoms with van der Waals surface area (Å²) >= 11 is 0. The van der Waals surface area contributed by atoms with Gasteiger partial charge in [0, 0.05) is 0 Å². The Hall–Kier alpha value is 0.130. The van der Waals surface area contributed by atoms with Crippen molar-refractivity contribution >= 4 is 23.6 Å². The van der Waals surface area contributed by atoms with Crippen LogP contribution in [-0.4, -0.2) is 26.2 Å². The Kier molecular flexibility index (Phi) is 12.5. The van der Waals surface area contributed by atoms with E-state index in [9.17, 15) is 0 Å². The predicted octanol–water partition coefficient (Wildman–Crippen LogP) is 8.13. The first-order valence-corrected chi connectivity index (χ1v) is 13.9. The zero-order chi connectivity index (χ0) is 17.0. The van der Waals surface area contributed by atoms with Gasteiger partial charge in [0.05, 0.1) is 0 Å². The average molecular weight is 417 g/mol. The normalized spacial score (nSPS) is 13.1. The number of benzene rings is 1. The number of hydrogen-bond donors (Lipinski definition) is 0. The second kappa shape index (κ2) is 12.5. The molecule has 0 amide bonds. The van der Waals surface area contributed by atoms with Crippen molar-refractivity contribution in [2.45, 2.75) is 77.3 Å². The number of unbranched alkanes of at least 4 members (excludes halogenated alkanes) is 9. The number of halogens is 1. The standard InChI is InChI=1S/C22H41P.BrH/c1-5-6-7-8-9-10-11-12-13-17-20-23(2,3,4)21-22-18-15-14-16-19-22;/h14-16,18-19H,5-13,17,20-21H2,1-4H3;1H. The summed E-state index contributed by atoms with van der Waals surface area (Å²) in [5.41, 5.74) is 1.53. The molecule has 0 saturated heterocycles. The molecule has 0 radical (unpaired) electrons. The van der Waals surface area contributed by atoms with Crippen LogP contribution in [0.25, 0.3) is 0 Å². The van der Waals surface area contributed by atoms with Crippen LogP contribution in [0.3, 0.4) is 0 Å². The second-order valence-corrected chi connectivity index (χ2v) is 16.7. The van der Waals surface area contributed by atoms with Gasteiger partial charge in [0.2, 0.25) is 0 Å². The van der Waals surface area contributed by atoms with E-state index in [0.29, 0.717) is 0 Å². The predicted molar refractivity (Wildman–Crippen MR) is 122 cm³/mol. The molecule has 0 aliphatic rings. The molecule has 0 aromatic heterocycles. The summed E-state index contributed by atoms with van der Waals surface area (Å²) in [4.78, 5) is 0. The number of hydrogen-bond acceptors (Lipinski definition) is 0. The first kappa shape index (κ1) is 24.1. The molecule has 0 nitrogen and oxygen atoms in total. The van der Waals surface area contributed by atoms with E-state index in [0.717, 1.165) is 0 Å². The third-order valence-corrected chi connectivity index (χ3v) is 8.46. The van der Waals surface area contributed by atoms with Crippen molar-refractivity contribution in [3.63, 3.8) is 0 Å². The molecule has 0 aliphatic heterocycles. The molecule has 0 unspecified atom stereocenters. The third kappa shape index (κ3) is 12.5. The molecule has 1 rings (SSSR count). The van der Waals surface area contributed by atoms with Crippen LogP contribution in [-0.2, 0) is 6.16 Å². The Labute approximate surface area is 162 Å². The van der Waals surface area contributed by atoms with Crippen LogP contribution in [0.1, 0.15) is 76.7 Å². The van der Waals surface area contributed by atoms with E-state index < -0.39 is 6.60 Å². The minimum absolute atomic E-state index is 0. The fourth-order valence-electron chi connectivity index (χ4n) is 3.52. The van der Waals surface area contributed by atoms with Crippen LogP contribution < -0.4 is 0 Å². The van der Waals surface area contributed by atoms with Crippen molar-refractivity contribution in [1.82, 2.24) is 0 Å². The molecular formula is C22H42BrP. The summed E-state index contributed by atoms with van der Waals surface area (Å²) in [6.07, 6.45) is 17.2. The third-order valence-electron chi connectivity index (χ3n) is 4.95. The Balaban J connectivity index is 0.00000529. The van der Waals surface area contributed by atoms with Crippen LogP contribution in [0.2, 0.25) is 0 Å². The quantitative estimate of drug-likeness (QED) is 0.224. The fourth-order valence-corrected chi connectivity index (χ4v) is 6.64. The van der Waals surface area contributed by atoms with Crippen LogP contribution >= 0.6 is 23.6 Å². The summed E-state index contributed by atoms with van der Waals surface area (Å²) < 4.78 is 0. The minimum atomic E-state index is -1.51. The van der Waals surface area contributed by atoms with Crippen molar-refractivity contribution in [3.05, 3.63) is 35.9 Å². The summed E-state index contributed by atoms with van der Waals surface area (Å²) in [7, 11) is 0. The SMILES string of the molecule is Br.CCCCCCCCCCCCP(C)(C)(C)Cc1ccccc1. The Bertz CT molecular complexity index is 405. The first-order chi connectivity index (χ1) is 10.9. The molecule has 142 valence electrons. The summed E-state index contributed by atoms with van der Waals surface area (Å²) in [6.45, 7) is 8.52. The van der Waals surface area contributed by atoms with E-state index in [1.54, 1.807) is 0 Å². The Morgan fingerprint density at radius 2 is 1.12 bits per heavy atom. The van der Waals surface area contributed by atoms with Crippen molar-refractivity contribution < 1.29 is 0 Å². The van der Waals surface area contributed by atoms with Gasteiger partial charge in [-0.05, 0) is 0 Å². The molecule has 1 aromatic rings. The van der Waals surface area contributed by atoms with Crippen LogP contribution in [0.4, 0.5) is 0 Å². The van der Waals surface area contributed by atoms with Gasteiger partial charge in [0.25, 0.3) is 0 Å². The maximum atomic E-state index is 2.58. The zero-order valence-electron chi connectivity index (χ0n) is 16.7. The van der Waals surface area contributed by atoms with Crippen LogP contribution in [0, 0.1) is 0 Å². The molecule has 2 heteroatoms. The summed E-state index contributed by atoms with van der Waals surface area (Å²) in [5.74, 6) is 0. The molecule has 0 N–H and O–H groups in total. The Morgan fingerprint density at radius 1 is 0.667 bits per heavy atom. The van der Waals surface area contributed by atoms with E-state index in [4.69, 9.17) is 0 Å². The van der Waals surface area contributed by atoms with Crippen molar-refractivity contribution in [2.75, 3.05) is 26.2 Å². The second-order valence-electron chi connectivity index (χ2n) is 9.01. The number of rotatable bonds is 13. The molecule has 24 heavy (non-hydrogen) atoms. The Morgan fingerprint density at radius 3 is 1.62 bits per heavy atom. The van der Waals surface area contributed by atoms with Gasteiger partial charge in [0.1, 0.15) is 0 Å². The van der Waals surface area contributed by atoms with Gasteiger partial charge in [-0.3, -0.25) is 0 Å². The van der Waals surface area contributed by atoms with Gasteiger partial charge in [0.15, 0.2) is 0 Å². The first-order valence-electron chi connectivity index (χ1n) is 9.95. The van der Waals surface area contributed by atoms with Gasteiger partial charge >= 0.3 is 146 Å². The summed E-state index contributed by atoms with van der Waals surface area (Å²) in [5, 5.41) is 0. The van der Waals surface area contributed by atoms with E-state index in [1.807, 2.05) is 0 Å². The molecule has 0 saturated carbocycles. The molecule has 0 aliphatic carbocycles. The molecule has 1 aromatic carbocycles. The van der Waals surface area contributed by atoms with E-state index in [2.05, 4.69) is 57.3 Å². The molecule has 0 spiro atoms. The van der Waals surface area contributed by atoms with E-state index >= 15 is 0 Å². The van der Waals surface area contributed by atoms with Gasteiger partial charge in [-0.1, -0.05) is 0 Å². The van der Waals surface area contributed by atoms with Crippen molar-refractivity contribution in [3.8, 4) is 0 Å². The molecule has 0 bridgehead atoms. The van der Waals surface area contributed by atoms with Crippen molar-refractivity contribution in [1.29, 1.82) is 0 Å². The monoisotopic (exact) mass is 416 g/mol. The van der Waals surface area contributed by atoms with Gasteiger partial charge in [-0.25, -0.2) is 0 Å². The van der Waals surface area contributed by atoms with Crippen LogP contribution in [0.15, 0.2) is 30.3 Å². The molecular weight excluding hydrogens is 375 g/mol. The topological polar surface area (TPSA) is 0 Å². The van der Waals surface area contributed by atoms with E-state index in [1.165, 1.54) is 82.1 Å². The molecule has 0 atom stereocenters. The maximum absolute atomic E-state index is 2.58.